The van der Waals surface area contributed by atoms with E-state index in [0.29, 0.717) is 12.8 Å². The van der Waals surface area contributed by atoms with E-state index >= 15 is 0 Å². The molecule has 13 heavy (non-hydrogen) atoms. The van der Waals surface area contributed by atoms with Crippen LogP contribution in [-0.2, 0) is 19.1 Å². The number of methoxy groups -OCH3 is 1. The molecule has 0 aromatic carbocycles. The number of cyclic esters (lactones) is 2. The molecule has 1 aliphatic carbocycles. The Hall–Kier alpha value is -0.900. The summed E-state index contributed by atoms with van der Waals surface area (Å²) in [6.07, 6.45) is 2.30. The van der Waals surface area contributed by atoms with Gasteiger partial charge in [0.25, 0.3) is 0 Å². The molecule has 1 saturated heterocycles. The molecular weight excluding hydrogens is 172 g/mol. The van der Waals surface area contributed by atoms with Gasteiger partial charge in [0.15, 0.2) is 0 Å². The summed E-state index contributed by atoms with van der Waals surface area (Å²) in [5.41, 5.74) is 0. The molecule has 0 N–H and O–H groups in total. The number of esters is 2. The second-order valence-electron chi connectivity index (χ2n) is 3.62. The monoisotopic (exact) mass is 184 g/mol. The summed E-state index contributed by atoms with van der Waals surface area (Å²) in [6, 6.07) is 0. The Morgan fingerprint density at radius 2 is 1.92 bits per heavy atom. The van der Waals surface area contributed by atoms with Crippen LogP contribution in [0.2, 0.25) is 0 Å². The quantitative estimate of drug-likeness (QED) is 0.440. The fourth-order valence-corrected chi connectivity index (χ4v) is 2.14. The fraction of sp³-hybridized carbons (Fsp3) is 0.778. The van der Waals surface area contributed by atoms with Crippen molar-refractivity contribution in [1.29, 1.82) is 0 Å². The molecule has 72 valence electrons. The summed E-state index contributed by atoms with van der Waals surface area (Å²) in [7, 11) is 1.63. The summed E-state index contributed by atoms with van der Waals surface area (Å²) < 4.78 is 9.73. The number of ether oxygens (including phenoxy) is 2. The van der Waals surface area contributed by atoms with E-state index in [1.54, 1.807) is 7.11 Å². The van der Waals surface area contributed by atoms with E-state index in [1.165, 1.54) is 0 Å². The molecule has 0 bridgehead atoms. The lowest BCUT2D eigenvalue weighted by Crippen LogP contribution is -2.30. The largest absolute Gasteiger partial charge is 0.393 e. The van der Waals surface area contributed by atoms with E-state index in [2.05, 4.69) is 4.74 Å². The van der Waals surface area contributed by atoms with E-state index in [0.717, 1.165) is 6.42 Å². The van der Waals surface area contributed by atoms with Crippen molar-refractivity contribution < 1.29 is 19.1 Å². The van der Waals surface area contributed by atoms with Crippen molar-refractivity contribution in [3.8, 4) is 0 Å². The van der Waals surface area contributed by atoms with Crippen LogP contribution in [0.25, 0.3) is 0 Å². The standard InChI is InChI=1S/C9H12O4/c1-12-5-2-3-6-7(4-5)9(11)13-8(6)10/h5-7H,2-4H2,1H3/t5-,6-,7+/m0/s1. The molecule has 3 atom stereocenters. The van der Waals surface area contributed by atoms with Crippen molar-refractivity contribution >= 4 is 11.9 Å². The lowest BCUT2D eigenvalue weighted by Gasteiger charge is -2.26. The maximum absolute atomic E-state index is 11.2. The number of fused-ring (bicyclic) bond motifs is 1. The molecule has 2 rings (SSSR count). The van der Waals surface area contributed by atoms with Gasteiger partial charge in [-0.25, -0.2) is 0 Å². The first-order chi connectivity index (χ1) is 6.22. The van der Waals surface area contributed by atoms with Crippen LogP contribution < -0.4 is 0 Å². The highest BCUT2D eigenvalue weighted by atomic mass is 16.6. The first-order valence-corrected chi connectivity index (χ1v) is 4.50. The van der Waals surface area contributed by atoms with Gasteiger partial charge in [-0.05, 0) is 19.3 Å². The van der Waals surface area contributed by atoms with Crippen molar-refractivity contribution in [2.24, 2.45) is 11.8 Å². The number of carbonyl (C=O) groups excluding carboxylic acids is 2. The smallest absolute Gasteiger partial charge is 0.317 e. The molecule has 0 amide bonds. The van der Waals surface area contributed by atoms with Crippen molar-refractivity contribution in [3.63, 3.8) is 0 Å². The third-order valence-electron chi connectivity index (χ3n) is 2.94. The van der Waals surface area contributed by atoms with Gasteiger partial charge in [0.1, 0.15) is 0 Å². The molecule has 0 spiro atoms. The molecule has 2 fully saturated rings. The van der Waals surface area contributed by atoms with E-state index < -0.39 is 0 Å². The number of hydrogen-bond acceptors (Lipinski definition) is 4. The summed E-state index contributed by atoms with van der Waals surface area (Å²) in [5.74, 6) is -1.15. The molecular formula is C9H12O4. The highest BCUT2D eigenvalue weighted by Gasteiger charge is 2.47. The van der Waals surface area contributed by atoms with E-state index in [1.807, 2.05) is 0 Å². The second kappa shape index (κ2) is 3.10. The van der Waals surface area contributed by atoms with Crippen LogP contribution in [0, 0.1) is 11.8 Å². The number of carbonyl (C=O) groups is 2. The minimum atomic E-state index is -0.364. The normalized spacial score (nSPS) is 38.7. The Morgan fingerprint density at radius 1 is 1.23 bits per heavy atom. The summed E-state index contributed by atoms with van der Waals surface area (Å²) in [4.78, 5) is 22.3. The molecule has 0 aromatic rings. The van der Waals surface area contributed by atoms with E-state index in [4.69, 9.17) is 4.74 Å². The Labute approximate surface area is 76.2 Å². The molecule has 2 aliphatic rings. The maximum Gasteiger partial charge on any atom is 0.317 e. The molecule has 0 unspecified atom stereocenters. The third-order valence-corrected chi connectivity index (χ3v) is 2.94. The van der Waals surface area contributed by atoms with Gasteiger partial charge in [0.05, 0.1) is 17.9 Å². The van der Waals surface area contributed by atoms with Crippen LogP contribution in [0.15, 0.2) is 0 Å². The molecule has 4 nitrogen and oxygen atoms in total. The Kier molecular flexibility index (Phi) is 2.07. The van der Waals surface area contributed by atoms with Crippen molar-refractivity contribution in [2.75, 3.05) is 7.11 Å². The van der Waals surface area contributed by atoms with Crippen LogP contribution in [-0.4, -0.2) is 25.2 Å². The predicted molar refractivity (Wildman–Crippen MR) is 42.7 cm³/mol. The van der Waals surface area contributed by atoms with Crippen LogP contribution in [0.1, 0.15) is 19.3 Å². The highest BCUT2D eigenvalue weighted by Crippen LogP contribution is 2.37. The summed E-state index contributed by atoms with van der Waals surface area (Å²) >= 11 is 0. The Morgan fingerprint density at radius 3 is 2.62 bits per heavy atom. The van der Waals surface area contributed by atoms with E-state index in [-0.39, 0.29) is 29.9 Å². The first kappa shape index (κ1) is 8.69. The molecule has 0 aromatic heterocycles. The van der Waals surface area contributed by atoms with Crippen LogP contribution in [0.3, 0.4) is 0 Å². The van der Waals surface area contributed by atoms with Crippen molar-refractivity contribution in [2.45, 2.75) is 25.4 Å². The van der Waals surface area contributed by atoms with E-state index in [9.17, 15) is 9.59 Å². The Bertz CT molecular complexity index is 248. The summed E-state index contributed by atoms with van der Waals surface area (Å²) in [6.45, 7) is 0. The van der Waals surface area contributed by atoms with Crippen LogP contribution in [0.5, 0.6) is 0 Å². The van der Waals surface area contributed by atoms with Gasteiger partial charge in [0.2, 0.25) is 0 Å². The third kappa shape index (κ3) is 1.35. The number of hydrogen-bond donors (Lipinski definition) is 0. The van der Waals surface area contributed by atoms with Crippen molar-refractivity contribution in [3.05, 3.63) is 0 Å². The zero-order valence-electron chi connectivity index (χ0n) is 7.49. The average molecular weight is 184 g/mol. The lowest BCUT2D eigenvalue weighted by molar-refractivity contribution is -0.153. The zero-order chi connectivity index (χ0) is 9.42. The minimum absolute atomic E-state index is 0.111. The molecule has 4 heteroatoms. The maximum atomic E-state index is 11.2. The van der Waals surface area contributed by atoms with Gasteiger partial charge in [0, 0.05) is 7.11 Å². The van der Waals surface area contributed by atoms with Crippen LogP contribution >= 0.6 is 0 Å². The Balaban J connectivity index is 2.10. The molecule has 1 heterocycles. The SMILES string of the molecule is CO[C@H]1CC[C@@H]2C(=O)OC(=O)[C@@H]2C1. The first-order valence-electron chi connectivity index (χ1n) is 4.50. The van der Waals surface area contributed by atoms with Crippen LogP contribution in [0.4, 0.5) is 0 Å². The number of rotatable bonds is 1. The van der Waals surface area contributed by atoms with Gasteiger partial charge in [-0.2, -0.15) is 0 Å². The molecule has 1 saturated carbocycles. The second-order valence-corrected chi connectivity index (χ2v) is 3.62. The molecule has 1 aliphatic heterocycles. The summed E-state index contributed by atoms with van der Waals surface area (Å²) in [5, 5.41) is 0. The lowest BCUT2D eigenvalue weighted by atomic mass is 9.79. The van der Waals surface area contributed by atoms with Gasteiger partial charge >= 0.3 is 11.9 Å². The average Bonchev–Trinajstić information content (AvgIpc) is 2.42. The minimum Gasteiger partial charge on any atom is -0.393 e. The van der Waals surface area contributed by atoms with Crippen molar-refractivity contribution in [1.82, 2.24) is 0 Å². The predicted octanol–water partition coefficient (Wildman–Crippen LogP) is 0.501. The highest BCUT2D eigenvalue weighted by molar-refractivity contribution is 5.96. The van der Waals surface area contributed by atoms with Gasteiger partial charge in [-0.15, -0.1) is 0 Å². The molecule has 0 radical (unpaired) electrons. The van der Waals surface area contributed by atoms with Gasteiger partial charge < -0.3 is 9.47 Å². The topological polar surface area (TPSA) is 52.6 Å². The fourth-order valence-electron chi connectivity index (χ4n) is 2.14. The van der Waals surface area contributed by atoms with Gasteiger partial charge in [-0.3, -0.25) is 9.59 Å². The zero-order valence-corrected chi connectivity index (χ0v) is 7.49. The van der Waals surface area contributed by atoms with Gasteiger partial charge in [-0.1, -0.05) is 0 Å².